The molecule has 64 valence electrons. The van der Waals surface area contributed by atoms with Gasteiger partial charge in [0.2, 0.25) is 5.88 Å². The maximum Gasteiger partial charge on any atom is 0.267 e. The van der Waals surface area contributed by atoms with Gasteiger partial charge < -0.3 is 15.7 Å². The molecule has 1 atom stereocenters. The van der Waals surface area contributed by atoms with Crippen LogP contribution in [0, 0.1) is 0 Å². The van der Waals surface area contributed by atoms with Crippen LogP contribution in [0.1, 0.15) is 6.92 Å². The van der Waals surface area contributed by atoms with Crippen LogP contribution in [-0.4, -0.2) is 22.1 Å². The Bertz CT molecular complexity index is 295. The molecule has 0 aromatic carbocycles. The molecule has 0 aromatic heterocycles. The Labute approximate surface area is 69.4 Å². The first kappa shape index (κ1) is 7.02. The van der Waals surface area contributed by atoms with Gasteiger partial charge in [-0.2, -0.15) is 0 Å². The number of rotatable bonds is 0. The van der Waals surface area contributed by atoms with Crippen molar-refractivity contribution in [2.24, 2.45) is 0 Å². The minimum Gasteiger partial charge on any atom is -0.493 e. The highest BCUT2D eigenvalue weighted by Crippen LogP contribution is 2.19. The van der Waals surface area contributed by atoms with Crippen LogP contribution in [-0.2, 0) is 4.79 Å². The molecule has 2 rings (SSSR count). The standard InChI is InChI=1S/C7H9N3O2/c1-4-7(12)10-3-2-8-6(11)5(10)9-4/h2-3,5,9,12H,1H3,(H,8,11). The van der Waals surface area contributed by atoms with E-state index in [4.69, 9.17) is 0 Å². The highest BCUT2D eigenvalue weighted by molar-refractivity contribution is 5.84. The summed E-state index contributed by atoms with van der Waals surface area (Å²) in [6.45, 7) is 1.72. The van der Waals surface area contributed by atoms with E-state index >= 15 is 0 Å². The van der Waals surface area contributed by atoms with Gasteiger partial charge in [0, 0.05) is 12.4 Å². The lowest BCUT2D eigenvalue weighted by atomic mass is 10.4. The summed E-state index contributed by atoms with van der Waals surface area (Å²) in [6, 6.07) is 0. The van der Waals surface area contributed by atoms with Crippen molar-refractivity contribution in [1.29, 1.82) is 0 Å². The third-order valence-electron chi connectivity index (χ3n) is 1.92. The SMILES string of the molecule is CC1=C(O)N2C=CNC(=O)C2N1. The Hall–Kier alpha value is -1.65. The minimum atomic E-state index is -0.491. The van der Waals surface area contributed by atoms with Gasteiger partial charge in [-0.3, -0.25) is 9.69 Å². The zero-order valence-corrected chi connectivity index (χ0v) is 6.53. The summed E-state index contributed by atoms with van der Waals surface area (Å²) >= 11 is 0. The Morgan fingerprint density at radius 3 is 3.08 bits per heavy atom. The molecule has 2 aliphatic heterocycles. The van der Waals surface area contributed by atoms with Crippen LogP contribution < -0.4 is 10.6 Å². The number of carbonyl (C=O) groups excluding carboxylic acids is 1. The van der Waals surface area contributed by atoms with Gasteiger partial charge in [-0.15, -0.1) is 0 Å². The van der Waals surface area contributed by atoms with Gasteiger partial charge in [0.1, 0.15) is 0 Å². The number of allylic oxidation sites excluding steroid dienone is 1. The lowest BCUT2D eigenvalue weighted by molar-refractivity contribution is -0.125. The fourth-order valence-corrected chi connectivity index (χ4v) is 1.28. The number of amides is 1. The summed E-state index contributed by atoms with van der Waals surface area (Å²) in [5.41, 5.74) is 0.613. The summed E-state index contributed by atoms with van der Waals surface area (Å²) in [5.74, 6) is -0.0630. The molecule has 0 bridgehead atoms. The Balaban J connectivity index is 2.34. The molecule has 0 saturated carbocycles. The molecule has 1 unspecified atom stereocenters. The van der Waals surface area contributed by atoms with Crippen LogP contribution >= 0.6 is 0 Å². The molecule has 5 nitrogen and oxygen atoms in total. The van der Waals surface area contributed by atoms with Crippen molar-refractivity contribution < 1.29 is 9.90 Å². The van der Waals surface area contributed by atoms with Crippen molar-refractivity contribution >= 4 is 5.91 Å². The molecule has 0 saturated heterocycles. The molecule has 12 heavy (non-hydrogen) atoms. The predicted molar refractivity (Wildman–Crippen MR) is 41.4 cm³/mol. The number of fused-ring (bicyclic) bond motifs is 1. The monoisotopic (exact) mass is 167 g/mol. The Morgan fingerprint density at radius 2 is 2.42 bits per heavy atom. The smallest absolute Gasteiger partial charge is 0.267 e. The predicted octanol–water partition coefficient (Wildman–Crippen LogP) is -0.434. The van der Waals surface area contributed by atoms with E-state index in [0.717, 1.165) is 0 Å². The van der Waals surface area contributed by atoms with Crippen molar-refractivity contribution in [1.82, 2.24) is 15.5 Å². The van der Waals surface area contributed by atoms with Gasteiger partial charge >= 0.3 is 0 Å². The molecule has 0 fully saturated rings. The van der Waals surface area contributed by atoms with Gasteiger partial charge in [-0.25, -0.2) is 0 Å². The van der Waals surface area contributed by atoms with Crippen molar-refractivity contribution in [2.45, 2.75) is 13.1 Å². The molecule has 0 spiro atoms. The second kappa shape index (κ2) is 2.17. The molecule has 0 aliphatic carbocycles. The van der Waals surface area contributed by atoms with E-state index in [1.165, 1.54) is 11.1 Å². The number of hydrogen-bond acceptors (Lipinski definition) is 4. The first-order valence-corrected chi connectivity index (χ1v) is 3.62. The van der Waals surface area contributed by atoms with Crippen molar-refractivity contribution in [3.05, 3.63) is 24.0 Å². The number of aliphatic hydroxyl groups excluding tert-OH is 1. The molecule has 1 amide bonds. The number of carbonyl (C=O) groups is 1. The van der Waals surface area contributed by atoms with E-state index in [0.29, 0.717) is 5.70 Å². The van der Waals surface area contributed by atoms with Crippen LogP contribution in [0.25, 0.3) is 0 Å². The lowest BCUT2D eigenvalue weighted by Crippen LogP contribution is -2.49. The Kier molecular flexibility index (Phi) is 1.27. The quantitative estimate of drug-likeness (QED) is 0.458. The first-order chi connectivity index (χ1) is 5.70. The average Bonchev–Trinajstić information content (AvgIpc) is 2.32. The summed E-state index contributed by atoms with van der Waals surface area (Å²) < 4.78 is 0. The fourth-order valence-electron chi connectivity index (χ4n) is 1.28. The second-order valence-corrected chi connectivity index (χ2v) is 2.73. The molecule has 0 aromatic rings. The average molecular weight is 167 g/mol. The molecule has 2 aliphatic rings. The van der Waals surface area contributed by atoms with Crippen LogP contribution in [0.4, 0.5) is 0 Å². The summed E-state index contributed by atoms with van der Waals surface area (Å²) in [4.78, 5) is 12.6. The van der Waals surface area contributed by atoms with Gasteiger partial charge in [0.25, 0.3) is 5.91 Å². The summed E-state index contributed by atoms with van der Waals surface area (Å²) in [7, 11) is 0. The zero-order valence-electron chi connectivity index (χ0n) is 6.53. The second-order valence-electron chi connectivity index (χ2n) is 2.73. The zero-order chi connectivity index (χ0) is 8.72. The number of nitrogens with one attached hydrogen (secondary N) is 2. The van der Waals surface area contributed by atoms with E-state index in [1.54, 1.807) is 13.1 Å². The first-order valence-electron chi connectivity index (χ1n) is 3.62. The van der Waals surface area contributed by atoms with Crippen LogP contribution in [0.5, 0.6) is 0 Å². The van der Waals surface area contributed by atoms with E-state index in [9.17, 15) is 9.90 Å². The fraction of sp³-hybridized carbons (Fsp3) is 0.286. The number of nitrogens with zero attached hydrogens (tertiary/aromatic N) is 1. The van der Waals surface area contributed by atoms with Crippen molar-refractivity contribution in [2.75, 3.05) is 0 Å². The van der Waals surface area contributed by atoms with Crippen LogP contribution in [0.2, 0.25) is 0 Å². The van der Waals surface area contributed by atoms with E-state index in [-0.39, 0.29) is 11.8 Å². The maximum atomic E-state index is 11.2. The molecule has 0 radical (unpaired) electrons. The topological polar surface area (TPSA) is 64.6 Å². The molecular weight excluding hydrogens is 158 g/mol. The molecule has 3 N–H and O–H groups in total. The number of hydrogen-bond donors (Lipinski definition) is 3. The van der Waals surface area contributed by atoms with Crippen molar-refractivity contribution in [3.63, 3.8) is 0 Å². The minimum absolute atomic E-state index is 0.103. The molecule has 2 heterocycles. The van der Waals surface area contributed by atoms with Gasteiger partial charge in [0.15, 0.2) is 6.17 Å². The third-order valence-corrected chi connectivity index (χ3v) is 1.92. The van der Waals surface area contributed by atoms with Crippen LogP contribution in [0.15, 0.2) is 24.0 Å². The van der Waals surface area contributed by atoms with E-state index in [2.05, 4.69) is 10.6 Å². The highest BCUT2D eigenvalue weighted by Gasteiger charge is 2.34. The van der Waals surface area contributed by atoms with Crippen LogP contribution in [0.3, 0.4) is 0 Å². The molecule has 5 heteroatoms. The summed E-state index contributed by atoms with van der Waals surface area (Å²) in [6.07, 6.45) is 2.62. The summed E-state index contributed by atoms with van der Waals surface area (Å²) in [5, 5.41) is 14.8. The van der Waals surface area contributed by atoms with E-state index in [1.807, 2.05) is 0 Å². The number of aliphatic hydroxyl groups is 1. The molecular formula is C7H9N3O2. The lowest BCUT2D eigenvalue weighted by Gasteiger charge is -2.24. The van der Waals surface area contributed by atoms with E-state index < -0.39 is 6.17 Å². The third kappa shape index (κ3) is 0.761. The largest absolute Gasteiger partial charge is 0.493 e. The Morgan fingerprint density at radius 1 is 1.67 bits per heavy atom. The van der Waals surface area contributed by atoms with Crippen molar-refractivity contribution in [3.8, 4) is 0 Å². The van der Waals surface area contributed by atoms with Gasteiger partial charge in [0.05, 0.1) is 5.70 Å². The maximum absolute atomic E-state index is 11.2. The van der Waals surface area contributed by atoms with Gasteiger partial charge in [-0.1, -0.05) is 0 Å². The highest BCUT2D eigenvalue weighted by atomic mass is 16.3. The van der Waals surface area contributed by atoms with Gasteiger partial charge in [-0.05, 0) is 6.92 Å². The normalized spacial score (nSPS) is 26.9.